The number of halogens is 3. The molecule has 0 saturated heterocycles. The van der Waals surface area contributed by atoms with Crippen LogP contribution in [-0.4, -0.2) is 43.6 Å². The fourth-order valence-corrected chi connectivity index (χ4v) is 3.15. The highest BCUT2D eigenvalue weighted by molar-refractivity contribution is 5.99. The van der Waals surface area contributed by atoms with Gasteiger partial charge < -0.3 is 19.9 Å². The van der Waals surface area contributed by atoms with E-state index in [1.165, 1.54) is 17.2 Å². The summed E-state index contributed by atoms with van der Waals surface area (Å²) in [5, 5.41) is 18.2. The fourth-order valence-electron chi connectivity index (χ4n) is 3.15. The van der Waals surface area contributed by atoms with Crippen LogP contribution in [0.25, 0.3) is 0 Å². The van der Waals surface area contributed by atoms with Gasteiger partial charge in [0.1, 0.15) is 25.2 Å². The molecule has 0 saturated carbocycles. The van der Waals surface area contributed by atoms with Gasteiger partial charge in [-0.05, 0) is 35.0 Å². The largest absolute Gasteiger partial charge is 0.416 e. The van der Waals surface area contributed by atoms with Gasteiger partial charge in [-0.1, -0.05) is 6.07 Å². The predicted molar refractivity (Wildman–Crippen MR) is 123 cm³/mol. The van der Waals surface area contributed by atoms with Crippen LogP contribution in [0.1, 0.15) is 17.1 Å². The summed E-state index contributed by atoms with van der Waals surface area (Å²) in [7, 11) is 1.69. The van der Waals surface area contributed by atoms with E-state index in [-0.39, 0.29) is 30.4 Å². The molecule has 0 aliphatic carbocycles. The Labute approximate surface area is 212 Å². The molecule has 4 rings (SSSR count). The standard InChI is InChI=1S/C22H20F3N9O4/c1-33-13-27-31-18(33)11-37-12-19(35)28-16-6-14(22(23,24)25)7-17(8-16)29-21(36)30-20-10-34(32-38-20)9-15-4-2-3-5-26-15/h2-8,10,13H,9,11-12H2,1H3,(H2-,28,29,30,32,35,36)/p+1. The van der Waals surface area contributed by atoms with Crippen molar-refractivity contribution in [2.24, 2.45) is 7.05 Å². The lowest BCUT2D eigenvalue weighted by atomic mass is 10.1. The number of nitrogens with zero attached hydrogens (tertiary/aromatic N) is 6. The third-order valence-corrected chi connectivity index (χ3v) is 4.87. The molecule has 3 aromatic heterocycles. The number of ether oxygens (including phenoxy) is 1. The number of urea groups is 1. The van der Waals surface area contributed by atoms with E-state index < -0.39 is 30.3 Å². The van der Waals surface area contributed by atoms with Crippen molar-refractivity contribution < 1.29 is 36.7 Å². The maximum Gasteiger partial charge on any atom is 0.416 e. The van der Waals surface area contributed by atoms with E-state index in [1.54, 1.807) is 36.0 Å². The summed E-state index contributed by atoms with van der Waals surface area (Å²) < 4.78 is 53.5. The highest BCUT2D eigenvalue weighted by Crippen LogP contribution is 2.33. The van der Waals surface area contributed by atoms with Crippen LogP contribution in [0.5, 0.6) is 0 Å². The molecule has 0 radical (unpaired) electrons. The molecule has 4 aromatic rings. The maximum absolute atomic E-state index is 13.4. The molecule has 38 heavy (non-hydrogen) atoms. The Morgan fingerprint density at radius 2 is 1.92 bits per heavy atom. The van der Waals surface area contributed by atoms with Crippen LogP contribution in [0.4, 0.5) is 35.2 Å². The van der Waals surface area contributed by atoms with E-state index in [4.69, 9.17) is 9.26 Å². The van der Waals surface area contributed by atoms with Crippen molar-refractivity contribution in [2.75, 3.05) is 22.6 Å². The number of aromatic nitrogens is 6. The minimum atomic E-state index is -4.74. The van der Waals surface area contributed by atoms with Crippen molar-refractivity contribution in [3.05, 3.63) is 72.2 Å². The molecule has 0 fully saturated rings. The molecule has 0 bridgehead atoms. The molecule has 16 heteroatoms. The molecular formula is C22H21F3N9O4+. The molecule has 3 N–H and O–H groups in total. The van der Waals surface area contributed by atoms with Crippen molar-refractivity contribution >= 4 is 29.2 Å². The second kappa shape index (κ2) is 11.5. The van der Waals surface area contributed by atoms with E-state index in [0.717, 1.165) is 18.2 Å². The van der Waals surface area contributed by atoms with E-state index in [1.807, 2.05) is 0 Å². The fraction of sp³-hybridized carbons (Fsp3) is 0.227. The number of amides is 3. The van der Waals surface area contributed by atoms with Crippen molar-refractivity contribution in [1.82, 2.24) is 25.0 Å². The Morgan fingerprint density at radius 3 is 2.61 bits per heavy atom. The summed E-state index contributed by atoms with van der Waals surface area (Å²) in [4.78, 5) is 28.8. The SMILES string of the molecule is Cn1cnnc1COCC(=O)Nc1cc(NC(=O)Nc2c[n+](Cc3ccccn3)no2)cc(C(F)(F)F)c1. The molecule has 0 atom stereocenters. The van der Waals surface area contributed by atoms with Gasteiger partial charge >= 0.3 is 18.1 Å². The summed E-state index contributed by atoms with van der Waals surface area (Å²) in [5.74, 6) is -0.302. The monoisotopic (exact) mass is 532 g/mol. The van der Waals surface area contributed by atoms with Gasteiger partial charge in [0.25, 0.3) is 6.20 Å². The van der Waals surface area contributed by atoms with Crippen LogP contribution in [-0.2, 0) is 35.9 Å². The average Bonchev–Trinajstić information content (AvgIpc) is 3.47. The van der Waals surface area contributed by atoms with Crippen LogP contribution >= 0.6 is 0 Å². The maximum atomic E-state index is 13.4. The van der Waals surface area contributed by atoms with Gasteiger partial charge in [0, 0.05) is 24.6 Å². The third kappa shape index (κ3) is 7.33. The number of alkyl halides is 3. The first-order valence-corrected chi connectivity index (χ1v) is 10.9. The lowest BCUT2D eigenvalue weighted by Crippen LogP contribution is -2.35. The first-order chi connectivity index (χ1) is 18.2. The number of nitrogens with one attached hydrogen (secondary N) is 3. The second-order valence-corrected chi connectivity index (χ2v) is 7.86. The van der Waals surface area contributed by atoms with Crippen molar-refractivity contribution in [3.8, 4) is 0 Å². The zero-order valence-electron chi connectivity index (χ0n) is 19.8. The first kappa shape index (κ1) is 26.2. The topological polar surface area (TPSA) is 153 Å². The number of anilines is 3. The molecule has 0 spiro atoms. The van der Waals surface area contributed by atoms with Crippen LogP contribution in [0.3, 0.4) is 0 Å². The van der Waals surface area contributed by atoms with E-state index in [0.29, 0.717) is 11.5 Å². The molecule has 0 aliphatic heterocycles. The summed E-state index contributed by atoms with van der Waals surface area (Å²) in [6.45, 7) is -0.202. The highest BCUT2D eigenvalue weighted by Gasteiger charge is 2.31. The number of carbonyl (C=O) groups excluding carboxylic acids is 2. The van der Waals surface area contributed by atoms with E-state index >= 15 is 0 Å². The van der Waals surface area contributed by atoms with Crippen molar-refractivity contribution in [1.29, 1.82) is 0 Å². The number of hydrogen-bond donors (Lipinski definition) is 3. The van der Waals surface area contributed by atoms with E-state index in [2.05, 4.69) is 36.4 Å². The number of hydrogen-bond acceptors (Lipinski definition) is 8. The van der Waals surface area contributed by atoms with Crippen molar-refractivity contribution in [2.45, 2.75) is 19.3 Å². The van der Waals surface area contributed by atoms with Crippen LogP contribution in [0, 0.1) is 0 Å². The van der Waals surface area contributed by atoms with Gasteiger partial charge in [-0.3, -0.25) is 19.6 Å². The second-order valence-electron chi connectivity index (χ2n) is 7.86. The predicted octanol–water partition coefficient (Wildman–Crippen LogP) is 2.35. The molecule has 3 heterocycles. The molecular weight excluding hydrogens is 511 g/mol. The number of benzene rings is 1. The molecule has 198 valence electrons. The molecule has 13 nitrogen and oxygen atoms in total. The lowest BCUT2D eigenvalue weighted by molar-refractivity contribution is -0.755. The van der Waals surface area contributed by atoms with Crippen molar-refractivity contribution in [3.63, 3.8) is 0 Å². The zero-order chi connectivity index (χ0) is 27.1. The number of pyridine rings is 1. The Balaban J connectivity index is 1.37. The van der Waals surface area contributed by atoms with Crippen LogP contribution in [0.2, 0.25) is 0 Å². The van der Waals surface area contributed by atoms with Gasteiger partial charge in [-0.15, -0.1) is 10.2 Å². The molecule has 0 unspecified atom stereocenters. The number of aryl methyl sites for hydroxylation is 1. The first-order valence-electron chi connectivity index (χ1n) is 10.9. The Kier molecular flexibility index (Phi) is 7.91. The number of carbonyl (C=O) groups is 2. The van der Waals surface area contributed by atoms with Gasteiger partial charge in [0.05, 0.1) is 5.56 Å². The minimum absolute atomic E-state index is 0.0248. The van der Waals surface area contributed by atoms with Gasteiger partial charge in [0.2, 0.25) is 17.7 Å². The Bertz CT molecular complexity index is 1410. The van der Waals surface area contributed by atoms with E-state index in [9.17, 15) is 22.8 Å². The smallest absolute Gasteiger partial charge is 0.364 e. The normalized spacial score (nSPS) is 11.3. The van der Waals surface area contributed by atoms with Gasteiger partial charge in [-0.2, -0.15) is 13.2 Å². The minimum Gasteiger partial charge on any atom is -0.364 e. The molecule has 3 amide bonds. The van der Waals surface area contributed by atoms with Gasteiger partial charge in [0.15, 0.2) is 5.82 Å². The third-order valence-electron chi connectivity index (χ3n) is 4.87. The summed E-state index contributed by atoms with van der Waals surface area (Å²) >= 11 is 0. The lowest BCUT2D eigenvalue weighted by Gasteiger charge is -2.14. The molecule has 0 aliphatic rings. The van der Waals surface area contributed by atoms with Crippen LogP contribution in [0.15, 0.2) is 59.6 Å². The zero-order valence-corrected chi connectivity index (χ0v) is 19.8. The van der Waals surface area contributed by atoms with Crippen LogP contribution < -0.4 is 20.6 Å². The Morgan fingerprint density at radius 1 is 1.13 bits per heavy atom. The quantitative estimate of drug-likeness (QED) is 0.278. The number of rotatable bonds is 9. The highest BCUT2D eigenvalue weighted by atomic mass is 19.4. The molecule has 1 aromatic carbocycles. The van der Waals surface area contributed by atoms with Gasteiger partial charge in [-0.25, -0.2) is 4.79 Å². The Hall–Kier alpha value is -4.86. The summed E-state index contributed by atoms with van der Waals surface area (Å²) in [6.07, 6.45) is -0.292. The summed E-state index contributed by atoms with van der Waals surface area (Å²) in [5.41, 5.74) is -0.818. The average molecular weight is 532 g/mol. The summed E-state index contributed by atoms with van der Waals surface area (Å²) in [6, 6.07) is 7.06.